The van der Waals surface area contributed by atoms with Crippen molar-refractivity contribution in [1.82, 2.24) is 4.57 Å². The normalized spacial score (nSPS) is 11.7. The molecule has 0 aliphatic carbocycles. The number of alkyl halides is 1. The SMILES string of the molecule is CCn1c(-c2ccc(N(C)S(=O)(=O)CCl)cc2)c(N)c2ccc(OC)cc21. The summed E-state index contributed by atoms with van der Waals surface area (Å²) in [5.41, 5.74) is 10.5. The third kappa shape index (κ3) is 3.33. The highest BCUT2D eigenvalue weighted by molar-refractivity contribution is 7.93. The molecule has 8 heteroatoms. The fourth-order valence-electron chi connectivity index (χ4n) is 3.19. The van der Waals surface area contributed by atoms with E-state index in [1.54, 1.807) is 19.2 Å². The van der Waals surface area contributed by atoms with E-state index in [1.807, 2.05) is 30.3 Å². The summed E-state index contributed by atoms with van der Waals surface area (Å²) in [4.78, 5) is 0. The van der Waals surface area contributed by atoms with E-state index in [9.17, 15) is 8.42 Å². The van der Waals surface area contributed by atoms with Gasteiger partial charge in [-0.3, -0.25) is 4.31 Å². The Morgan fingerprint density at radius 2 is 1.85 bits per heavy atom. The lowest BCUT2D eigenvalue weighted by Crippen LogP contribution is -2.27. The van der Waals surface area contributed by atoms with Gasteiger partial charge in [0.1, 0.15) is 11.0 Å². The van der Waals surface area contributed by atoms with Gasteiger partial charge < -0.3 is 15.0 Å². The highest BCUT2D eigenvalue weighted by Gasteiger charge is 2.19. The summed E-state index contributed by atoms with van der Waals surface area (Å²) >= 11 is 5.54. The van der Waals surface area contributed by atoms with E-state index < -0.39 is 15.2 Å². The summed E-state index contributed by atoms with van der Waals surface area (Å²) in [6.45, 7) is 2.79. The van der Waals surface area contributed by atoms with Crippen LogP contribution in [-0.4, -0.2) is 32.4 Å². The van der Waals surface area contributed by atoms with E-state index in [1.165, 1.54) is 11.4 Å². The molecule has 0 saturated carbocycles. The molecule has 1 heterocycles. The van der Waals surface area contributed by atoms with Crippen molar-refractivity contribution in [2.24, 2.45) is 0 Å². The molecule has 0 fully saturated rings. The Morgan fingerprint density at radius 1 is 1.19 bits per heavy atom. The number of hydrogen-bond acceptors (Lipinski definition) is 4. The molecule has 0 unspecified atom stereocenters. The van der Waals surface area contributed by atoms with Crippen molar-refractivity contribution in [2.75, 3.05) is 29.4 Å². The molecule has 2 aromatic carbocycles. The standard InChI is InChI=1S/C19H22ClN3O3S/c1-4-23-17-11-15(26-3)9-10-16(17)18(21)19(23)13-5-7-14(8-6-13)22(2)27(24,25)12-20/h5-11H,4,12,21H2,1-3H3. The molecule has 0 radical (unpaired) electrons. The first-order valence-corrected chi connectivity index (χ1v) is 10.6. The number of hydrogen-bond donors (Lipinski definition) is 1. The predicted octanol–water partition coefficient (Wildman–Crippen LogP) is 3.88. The van der Waals surface area contributed by atoms with Crippen LogP contribution in [0.2, 0.25) is 0 Å². The van der Waals surface area contributed by atoms with Crippen molar-refractivity contribution in [3.05, 3.63) is 42.5 Å². The Morgan fingerprint density at radius 3 is 2.41 bits per heavy atom. The number of fused-ring (bicyclic) bond motifs is 1. The lowest BCUT2D eigenvalue weighted by molar-refractivity contribution is 0.415. The molecule has 0 atom stereocenters. The average molecular weight is 408 g/mol. The number of rotatable bonds is 6. The zero-order valence-corrected chi connectivity index (χ0v) is 17.0. The molecule has 6 nitrogen and oxygen atoms in total. The monoisotopic (exact) mass is 407 g/mol. The number of aryl methyl sites for hydroxylation is 1. The quantitative estimate of drug-likeness (QED) is 0.629. The van der Waals surface area contributed by atoms with Gasteiger partial charge in [0.25, 0.3) is 0 Å². The van der Waals surface area contributed by atoms with Crippen LogP contribution in [0.5, 0.6) is 5.75 Å². The van der Waals surface area contributed by atoms with Crippen molar-refractivity contribution >= 4 is 43.9 Å². The topological polar surface area (TPSA) is 77.6 Å². The zero-order valence-electron chi connectivity index (χ0n) is 15.4. The molecular weight excluding hydrogens is 386 g/mol. The van der Waals surface area contributed by atoms with Gasteiger partial charge in [0.05, 0.1) is 29.7 Å². The second-order valence-electron chi connectivity index (χ2n) is 6.12. The number of aromatic nitrogens is 1. The van der Waals surface area contributed by atoms with Crippen molar-refractivity contribution in [3.8, 4) is 17.0 Å². The van der Waals surface area contributed by atoms with Crippen molar-refractivity contribution in [3.63, 3.8) is 0 Å². The Labute approximate surface area is 164 Å². The van der Waals surface area contributed by atoms with Gasteiger partial charge in [-0.1, -0.05) is 12.1 Å². The Balaban J connectivity index is 2.11. The highest BCUT2D eigenvalue weighted by atomic mass is 35.5. The molecule has 0 amide bonds. The summed E-state index contributed by atoms with van der Waals surface area (Å²) in [5, 5.41) is 0.489. The first-order chi connectivity index (χ1) is 12.8. The average Bonchev–Trinajstić information content (AvgIpc) is 2.98. The van der Waals surface area contributed by atoms with E-state index >= 15 is 0 Å². The third-order valence-corrected chi connectivity index (χ3v) is 6.84. The van der Waals surface area contributed by atoms with Crippen LogP contribution in [0, 0.1) is 0 Å². The van der Waals surface area contributed by atoms with Crippen LogP contribution < -0.4 is 14.8 Å². The van der Waals surface area contributed by atoms with Gasteiger partial charge >= 0.3 is 0 Å². The summed E-state index contributed by atoms with van der Waals surface area (Å²) in [6.07, 6.45) is 0. The Bertz CT molecular complexity index is 1080. The Kier molecular flexibility index (Phi) is 5.26. The maximum absolute atomic E-state index is 11.9. The molecule has 1 aromatic heterocycles. The van der Waals surface area contributed by atoms with E-state index in [0.29, 0.717) is 11.4 Å². The fraction of sp³-hybridized carbons (Fsp3) is 0.263. The first kappa shape index (κ1) is 19.4. The molecule has 0 saturated heterocycles. The number of nitrogen functional groups attached to an aromatic ring is 1. The number of anilines is 2. The molecule has 0 aliphatic rings. The third-order valence-electron chi connectivity index (χ3n) is 4.69. The number of nitrogens with zero attached hydrogens (tertiary/aromatic N) is 2. The fourth-order valence-corrected chi connectivity index (χ4v) is 4.21. The van der Waals surface area contributed by atoms with Gasteiger partial charge in [0, 0.05) is 30.6 Å². The van der Waals surface area contributed by atoms with Crippen molar-refractivity contribution < 1.29 is 13.2 Å². The lowest BCUT2D eigenvalue weighted by atomic mass is 10.1. The predicted molar refractivity (Wildman–Crippen MR) is 112 cm³/mol. The lowest BCUT2D eigenvalue weighted by Gasteiger charge is -2.18. The van der Waals surface area contributed by atoms with Gasteiger partial charge in [-0.2, -0.15) is 0 Å². The number of benzene rings is 2. The molecule has 0 aliphatic heterocycles. The van der Waals surface area contributed by atoms with E-state index in [4.69, 9.17) is 22.1 Å². The number of sulfonamides is 1. The minimum Gasteiger partial charge on any atom is -0.497 e. The van der Waals surface area contributed by atoms with Crippen molar-refractivity contribution in [1.29, 1.82) is 0 Å². The highest BCUT2D eigenvalue weighted by Crippen LogP contribution is 2.38. The van der Waals surface area contributed by atoms with Crippen LogP contribution in [-0.2, 0) is 16.6 Å². The summed E-state index contributed by atoms with van der Waals surface area (Å²) in [6, 6.07) is 13.0. The zero-order chi connectivity index (χ0) is 19.8. The summed E-state index contributed by atoms with van der Waals surface area (Å²) < 4.78 is 32.5. The molecule has 0 spiro atoms. The minimum absolute atomic E-state index is 0.468. The summed E-state index contributed by atoms with van der Waals surface area (Å²) in [7, 11) is -0.407. The Hall–Kier alpha value is -2.38. The van der Waals surface area contributed by atoms with Gasteiger partial charge in [-0.05, 0) is 31.2 Å². The maximum atomic E-state index is 11.9. The van der Waals surface area contributed by atoms with Crippen LogP contribution in [0.3, 0.4) is 0 Å². The molecule has 27 heavy (non-hydrogen) atoms. The number of halogens is 1. The molecule has 3 aromatic rings. The maximum Gasteiger partial charge on any atom is 0.248 e. The molecule has 3 rings (SSSR count). The van der Waals surface area contributed by atoms with Crippen molar-refractivity contribution in [2.45, 2.75) is 13.5 Å². The second-order valence-corrected chi connectivity index (χ2v) is 8.71. The van der Waals surface area contributed by atoms with Crippen LogP contribution >= 0.6 is 11.6 Å². The van der Waals surface area contributed by atoms with Crippen LogP contribution in [0.25, 0.3) is 22.2 Å². The van der Waals surface area contributed by atoms with Gasteiger partial charge in [-0.25, -0.2) is 8.42 Å². The number of nitrogens with two attached hydrogens (primary N) is 1. The first-order valence-electron chi connectivity index (χ1n) is 8.42. The van der Waals surface area contributed by atoms with Crippen LogP contribution in [0.1, 0.15) is 6.92 Å². The number of ether oxygens (including phenoxy) is 1. The smallest absolute Gasteiger partial charge is 0.248 e. The minimum atomic E-state index is -3.52. The molecule has 2 N–H and O–H groups in total. The number of methoxy groups -OCH3 is 1. The second kappa shape index (κ2) is 7.32. The van der Waals surface area contributed by atoms with Gasteiger partial charge in [-0.15, -0.1) is 11.6 Å². The van der Waals surface area contributed by atoms with Gasteiger partial charge in [0.15, 0.2) is 0 Å². The molecular formula is C19H22ClN3O3S. The van der Waals surface area contributed by atoms with Gasteiger partial charge in [0.2, 0.25) is 10.0 Å². The van der Waals surface area contributed by atoms with E-state index in [2.05, 4.69) is 11.5 Å². The molecule has 144 valence electrons. The largest absolute Gasteiger partial charge is 0.497 e. The van der Waals surface area contributed by atoms with Crippen LogP contribution in [0.15, 0.2) is 42.5 Å². The molecule has 0 bridgehead atoms. The van der Waals surface area contributed by atoms with Crippen LogP contribution in [0.4, 0.5) is 11.4 Å². The van der Waals surface area contributed by atoms with E-state index in [-0.39, 0.29) is 0 Å². The summed E-state index contributed by atoms with van der Waals surface area (Å²) in [5.74, 6) is 0.768. The van der Waals surface area contributed by atoms with E-state index in [0.717, 1.165) is 34.5 Å².